The quantitative estimate of drug-likeness (QED) is 0.458. The van der Waals surface area contributed by atoms with Gasteiger partial charge >= 0.3 is 0 Å². The fourth-order valence-corrected chi connectivity index (χ4v) is 2.74. The van der Waals surface area contributed by atoms with Crippen LogP contribution in [-0.2, 0) is 10.3 Å². The van der Waals surface area contributed by atoms with Crippen LogP contribution in [0.5, 0.6) is 0 Å². The van der Waals surface area contributed by atoms with Gasteiger partial charge in [-0.2, -0.15) is 0 Å². The molecule has 3 rings (SSSR count). The average Bonchev–Trinajstić information content (AvgIpc) is 3.09. The van der Waals surface area contributed by atoms with E-state index in [4.69, 9.17) is 16.3 Å². The number of halogens is 1. The molecule has 2 heteroatoms. The lowest BCUT2D eigenvalue weighted by atomic mass is 9.87. The molecule has 1 aliphatic rings. The monoisotopic (exact) mass is 256 g/mol. The Bertz CT molecular complexity index is 525. The van der Waals surface area contributed by atoms with Crippen molar-refractivity contribution in [2.75, 3.05) is 0 Å². The Morgan fingerprint density at radius 3 is 1.67 bits per heavy atom. The zero-order valence-electron chi connectivity index (χ0n) is 9.84. The predicted molar refractivity (Wildman–Crippen MR) is 73.5 cm³/mol. The Balaban J connectivity index is 2.17. The van der Waals surface area contributed by atoms with Gasteiger partial charge in [0.1, 0.15) is 0 Å². The zero-order chi connectivity index (χ0) is 12.6. The van der Waals surface area contributed by atoms with Crippen LogP contribution in [0, 0.1) is 0 Å². The summed E-state index contributed by atoms with van der Waals surface area (Å²) in [6.45, 7) is 3.78. The molecule has 1 aliphatic heterocycles. The molecule has 0 N–H and O–H groups in total. The molecule has 1 saturated heterocycles. The van der Waals surface area contributed by atoms with E-state index in [1.807, 2.05) is 60.7 Å². The molecule has 1 atom stereocenters. The van der Waals surface area contributed by atoms with Crippen LogP contribution in [0.4, 0.5) is 0 Å². The normalized spacial score (nSPS) is 24.5. The highest BCUT2D eigenvalue weighted by molar-refractivity contribution is 6.27. The molecule has 2 aromatic rings. The summed E-state index contributed by atoms with van der Waals surface area (Å²) < 4.78 is 5.86. The van der Waals surface area contributed by atoms with Crippen molar-refractivity contribution < 1.29 is 4.74 Å². The second kappa shape index (κ2) is 3.98. The third-order valence-corrected chi connectivity index (χ3v) is 3.86. The number of ether oxygens (including phenoxy) is 1. The summed E-state index contributed by atoms with van der Waals surface area (Å²) >= 11 is 6.48. The Morgan fingerprint density at radius 1 is 0.889 bits per heavy atom. The lowest BCUT2D eigenvalue weighted by Gasteiger charge is -2.15. The molecule has 0 aromatic heterocycles. The zero-order valence-corrected chi connectivity index (χ0v) is 10.6. The lowest BCUT2D eigenvalue weighted by Crippen LogP contribution is -2.19. The number of epoxide rings is 1. The molecular formula is C16H13ClO. The highest BCUT2D eigenvalue weighted by Gasteiger charge is 2.69. The summed E-state index contributed by atoms with van der Waals surface area (Å²) in [6, 6.07) is 20.0. The minimum Gasteiger partial charge on any atom is -0.332 e. The van der Waals surface area contributed by atoms with Gasteiger partial charge in [-0.3, -0.25) is 0 Å². The van der Waals surface area contributed by atoms with E-state index in [2.05, 4.69) is 6.58 Å². The molecule has 1 fully saturated rings. The van der Waals surface area contributed by atoms with Crippen molar-refractivity contribution in [2.24, 2.45) is 0 Å². The van der Waals surface area contributed by atoms with Crippen molar-refractivity contribution in [3.63, 3.8) is 0 Å². The first-order valence-corrected chi connectivity index (χ1v) is 6.24. The Labute approximate surface area is 112 Å². The van der Waals surface area contributed by atoms with Gasteiger partial charge in [-0.25, -0.2) is 0 Å². The topological polar surface area (TPSA) is 12.5 Å². The number of hydrogen-bond acceptors (Lipinski definition) is 1. The lowest BCUT2D eigenvalue weighted by molar-refractivity contribution is 0.329. The number of rotatable bonds is 3. The van der Waals surface area contributed by atoms with E-state index in [9.17, 15) is 0 Å². The molecule has 0 spiro atoms. The molecule has 18 heavy (non-hydrogen) atoms. The molecular weight excluding hydrogens is 244 g/mol. The van der Waals surface area contributed by atoms with Crippen molar-refractivity contribution in [3.8, 4) is 0 Å². The SMILES string of the molecule is C=CC1(Cl)OC1(c1ccccc1)c1ccccc1. The van der Waals surface area contributed by atoms with Crippen molar-refractivity contribution in [1.29, 1.82) is 0 Å². The third-order valence-electron chi connectivity index (χ3n) is 3.36. The summed E-state index contributed by atoms with van der Waals surface area (Å²) in [6.07, 6.45) is 1.66. The van der Waals surface area contributed by atoms with Crippen LogP contribution in [-0.4, -0.2) is 5.06 Å². The van der Waals surface area contributed by atoms with Crippen LogP contribution in [0.1, 0.15) is 11.1 Å². The van der Waals surface area contributed by atoms with Crippen LogP contribution >= 0.6 is 11.6 Å². The minimum absolute atomic E-state index is 0.612. The molecule has 0 amide bonds. The predicted octanol–water partition coefficient (Wildman–Crippen LogP) is 4.08. The first-order valence-electron chi connectivity index (χ1n) is 5.87. The number of hydrogen-bond donors (Lipinski definition) is 0. The third kappa shape index (κ3) is 1.45. The van der Waals surface area contributed by atoms with Gasteiger partial charge in [0.15, 0.2) is 10.7 Å². The van der Waals surface area contributed by atoms with Gasteiger partial charge < -0.3 is 4.74 Å². The van der Waals surface area contributed by atoms with Crippen LogP contribution in [0.15, 0.2) is 73.3 Å². The van der Waals surface area contributed by atoms with Gasteiger partial charge in [0.25, 0.3) is 0 Å². The van der Waals surface area contributed by atoms with E-state index in [0.29, 0.717) is 0 Å². The fourth-order valence-electron chi connectivity index (χ4n) is 2.41. The Morgan fingerprint density at radius 2 is 1.33 bits per heavy atom. The molecule has 2 aromatic carbocycles. The second-order valence-corrected chi connectivity index (χ2v) is 4.93. The van der Waals surface area contributed by atoms with Gasteiger partial charge in [-0.1, -0.05) is 78.8 Å². The molecule has 1 nitrogen and oxygen atoms in total. The van der Waals surface area contributed by atoms with Crippen LogP contribution in [0.3, 0.4) is 0 Å². The Kier molecular flexibility index (Phi) is 2.54. The smallest absolute Gasteiger partial charge is 0.199 e. The summed E-state index contributed by atoms with van der Waals surface area (Å²) in [4.78, 5) is 0. The Hall–Kier alpha value is -1.57. The molecule has 1 unspecified atom stereocenters. The van der Waals surface area contributed by atoms with Gasteiger partial charge in [0.05, 0.1) is 0 Å². The second-order valence-electron chi connectivity index (χ2n) is 4.36. The van der Waals surface area contributed by atoms with E-state index < -0.39 is 10.7 Å². The summed E-state index contributed by atoms with van der Waals surface area (Å²) in [7, 11) is 0. The highest BCUT2D eigenvalue weighted by atomic mass is 35.5. The number of alkyl halides is 1. The first-order chi connectivity index (χ1) is 8.73. The highest BCUT2D eigenvalue weighted by Crippen LogP contribution is 2.63. The van der Waals surface area contributed by atoms with Gasteiger partial charge in [0.2, 0.25) is 0 Å². The van der Waals surface area contributed by atoms with Crippen molar-refractivity contribution in [1.82, 2.24) is 0 Å². The maximum atomic E-state index is 6.48. The fraction of sp³-hybridized carbons (Fsp3) is 0.125. The van der Waals surface area contributed by atoms with E-state index in [1.54, 1.807) is 6.08 Å². The van der Waals surface area contributed by atoms with Crippen LogP contribution in [0.2, 0.25) is 0 Å². The van der Waals surface area contributed by atoms with Crippen molar-refractivity contribution in [3.05, 3.63) is 84.4 Å². The molecule has 0 bridgehead atoms. The molecule has 0 saturated carbocycles. The first kappa shape index (κ1) is 11.5. The summed E-state index contributed by atoms with van der Waals surface area (Å²) in [5, 5.41) is -0.851. The van der Waals surface area contributed by atoms with Crippen LogP contribution < -0.4 is 0 Å². The molecule has 0 radical (unpaired) electrons. The summed E-state index contributed by atoms with van der Waals surface area (Å²) in [5.41, 5.74) is 1.48. The maximum Gasteiger partial charge on any atom is 0.199 e. The van der Waals surface area contributed by atoms with Crippen molar-refractivity contribution >= 4 is 11.6 Å². The van der Waals surface area contributed by atoms with E-state index in [1.165, 1.54) is 0 Å². The van der Waals surface area contributed by atoms with Gasteiger partial charge in [-0.05, 0) is 17.2 Å². The number of benzene rings is 2. The standard InChI is InChI=1S/C16H13ClO/c1-2-15(17)16(18-15,13-9-5-3-6-10-13)14-11-7-4-8-12-14/h2-12H,1H2. The summed E-state index contributed by atoms with van der Waals surface area (Å²) in [5.74, 6) is 0. The molecule has 90 valence electrons. The molecule has 1 heterocycles. The largest absolute Gasteiger partial charge is 0.332 e. The maximum absolute atomic E-state index is 6.48. The van der Waals surface area contributed by atoms with E-state index in [0.717, 1.165) is 11.1 Å². The van der Waals surface area contributed by atoms with Crippen molar-refractivity contribution in [2.45, 2.75) is 10.7 Å². The van der Waals surface area contributed by atoms with Gasteiger partial charge in [-0.15, -0.1) is 0 Å². The van der Waals surface area contributed by atoms with Gasteiger partial charge in [0, 0.05) is 0 Å². The van der Waals surface area contributed by atoms with E-state index in [-0.39, 0.29) is 0 Å². The van der Waals surface area contributed by atoms with E-state index >= 15 is 0 Å². The molecule has 0 aliphatic carbocycles. The van der Waals surface area contributed by atoms with Crippen LogP contribution in [0.25, 0.3) is 0 Å². The average molecular weight is 257 g/mol. The minimum atomic E-state index is -0.851.